The summed E-state index contributed by atoms with van der Waals surface area (Å²) in [5.41, 5.74) is 7.95. The molecule has 0 saturated carbocycles. The fraction of sp³-hybridized carbons (Fsp3) is 0.0870. The van der Waals surface area contributed by atoms with E-state index in [1.165, 1.54) is 16.7 Å². The molecule has 25 heavy (non-hydrogen) atoms. The molecule has 4 aromatic rings. The molecule has 3 aromatic carbocycles. The first kappa shape index (κ1) is 15.4. The van der Waals surface area contributed by atoms with E-state index in [9.17, 15) is 0 Å². The van der Waals surface area contributed by atoms with Gasteiger partial charge in [-0.25, -0.2) is 4.68 Å². The molecule has 0 atom stereocenters. The quantitative estimate of drug-likeness (QED) is 0.464. The van der Waals surface area contributed by atoms with Gasteiger partial charge in [-0.3, -0.25) is 0 Å². The fourth-order valence-corrected chi connectivity index (χ4v) is 2.94. The van der Waals surface area contributed by atoms with Crippen molar-refractivity contribution in [1.82, 2.24) is 9.78 Å². The van der Waals surface area contributed by atoms with Crippen molar-refractivity contribution in [3.05, 3.63) is 96.1 Å². The molecular formula is C23H20N2. The van der Waals surface area contributed by atoms with Crippen molar-refractivity contribution in [3.63, 3.8) is 0 Å². The zero-order valence-corrected chi connectivity index (χ0v) is 14.5. The highest BCUT2D eigenvalue weighted by Gasteiger charge is 2.13. The van der Waals surface area contributed by atoms with Crippen LogP contribution in [0.5, 0.6) is 0 Å². The third-order valence-corrected chi connectivity index (χ3v) is 4.40. The minimum Gasteiger partial charge on any atom is -0.232 e. The first-order valence-corrected chi connectivity index (χ1v) is 8.50. The summed E-state index contributed by atoms with van der Waals surface area (Å²) in [6.07, 6.45) is 0. The number of benzene rings is 3. The molecule has 1 heterocycles. The van der Waals surface area contributed by atoms with Gasteiger partial charge in [0.15, 0.2) is 0 Å². The fourth-order valence-electron chi connectivity index (χ4n) is 2.94. The predicted octanol–water partition coefficient (Wildman–Crippen LogP) is 5.82. The monoisotopic (exact) mass is 324 g/mol. The van der Waals surface area contributed by atoms with Gasteiger partial charge in [-0.15, -0.1) is 0 Å². The second kappa shape index (κ2) is 6.40. The largest absolute Gasteiger partial charge is 0.232 e. The Morgan fingerprint density at radius 1 is 0.640 bits per heavy atom. The van der Waals surface area contributed by atoms with Crippen LogP contribution in [-0.4, -0.2) is 9.78 Å². The third-order valence-electron chi connectivity index (χ3n) is 4.40. The summed E-state index contributed by atoms with van der Waals surface area (Å²) in [6, 6.07) is 29.6. The van der Waals surface area contributed by atoms with Crippen LogP contribution in [0.2, 0.25) is 0 Å². The van der Waals surface area contributed by atoms with Crippen molar-refractivity contribution in [2.75, 3.05) is 0 Å². The van der Waals surface area contributed by atoms with E-state index in [4.69, 9.17) is 5.10 Å². The van der Waals surface area contributed by atoms with Gasteiger partial charge in [0.25, 0.3) is 0 Å². The summed E-state index contributed by atoms with van der Waals surface area (Å²) in [5, 5.41) is 4.90. The van der Waals surface area contributed by atoms with Crippen LogP contribution in [-0.2, 0) is 0 Å². The highest BCUT2D eigenvalue weighted by molar-refractivity contribution is 5.70. The second-order valence-electron chi connectivity index (χ2n) is 6.39. The Kier molecular flexibility index (Phi) is 3.95. The number of rotatable bonds is 3. The topological polar surface area (TPSA) is 17.8 Å². The summed E-state index contributed by atoms with van der Waals surface area (Å²) in [7, 11) is 0. The maximum absolute atomic E-state index is 4.90. The highest BCUT2D eigenvalue weighted by Crippen LogP contribution is 2.29. The van der Waals surface area contributed by atoms with Gasteiger partial charge in [0.1, 0.15) is 0 Å². The van der Waals surface area contributed by atoms with Crippen LogP contribution in [0.15, 0.2) is 84.9 Å². The van der Waals surface area contributed by atoms with Crippen LogP contribution >= 0.6 is 0 Å². The lowest BCUT2D eigenvalue weighted by molar-refractivity contribution is 0.891. The molecule has 0 spiro atoms. The van der Waals surface area contributed by atoms with E-state index in [-0.39, 0.29) is 0 Å². The number of aromatic nitrogens is 2. The number of hydrogen-bond donors (Lipinski definition) is 0. The van der Waals surface area contributed by atoms with E-state index in [0.717, 1.165) is 22.6 Å². The molecule has 0 amide bonds. The molecule has 0 bridgehead atoms. The van der Waals surface area contributed by atoms with Crippen molar-refractivity contribution >= 4 is 0 Å². The highest BCUT2D eigenvalue weighted by atomic mass is 15.3. The Labute approximate surface area is 148 Å². The summed E-state index contributed by atoms with van der Waals surface area (Å²) in [6.45, 7) is 4.21. The molecule has 2 heteroatoms. The Morgan fingerprint density at radius 2 is 1.24 bits per heavy atom. The van der Waals surface area contributed by atoms with Gasteiger partial charge in [0, 0.05) is 11.1 Å². The van der Waals surface area contributed by atoms with E-state index in [0.29, 0.717) is 0 Å². The first-order valence-electron chi connectivity index (χ1n) is 8.50. The van der Waals surface area contributed by atoms with Gasteiger partial charge in [0.05, 0.1) is 17.1 Å². The van der Waals surface area contributed by atoms with Crippen LogP contribution < -0.4 is 0 Å². The summed E-state index contributed by atoms with van der Waals surface area (Å²) in [4.78, 5) is 0. The smallest absolute Gasteiger partial charge is 0.0934 e. The summed E-state index contributed by atoms with van der Waals surface area (Å²) < 4.78 is 2.03. The van der Waals surface area contributed by atoms with E-state index in [1.54, 1.807) is 0 Å². The Balaban J connectivity index is 1.89. The van der Waals surface area contributed by atoms with E-state index >= 15 is 0 Å². The lowest BCUT2D eigenvalue weighted by atomic mass is 10.1. The van der Waals surface area contributed by atoms with Crippen molar-refractivity contribution < 1.29 is 0 Å². The number of aryl methyl sites for hydroxylation is 2. The molecule has 4 rings (SSSR count). The number of nitrogens with zero attached hydrogens (tertiary/aromatic N) is 2. The van der Waals surface area contributed by atoms with Crippen molar-refractivity contribution in [2.24, 2.45) is 0 Å². The van der Waals surface area contributed by atoms with Gasteiger partial charge < -0.3 is 0 Å². The second-order valence-corrected chi connectivity index (χ2v) is 6.39. The van der Waals surface area contributed by atoms with Crippen LogP contribution in [0.4, 0.5) is 0 Å². The molecule has 122 valence electrons. The van der Waals surface area contributed by atoms with E-state index in [2.05, 4.69) is 80.6 Å². The standard InChI is InChI=1S/C23H20N2/c1-17-8-12-20(13-9-17)23-16-22(19-6-4-3-5-7-19)24-25(23)21-14-10-18(2)11-15-21/h3-16H,1-2H3. The molecule has 1 aromatic heterocycles. The summed E-state index contributed by atoms with van der Waals surface area (Å²) >= 11 is 0. The van der Waals surface area contributed by atoms with E-state index < -0.39 is 0 Å². The lowest BCUT2D eigenvalue weighted by Gasteiger charge is -2.08. The van der Waals surface area contributed by atoms with Crippen LogP contribution in [0.25, 0.3) is 28.2 Å². The predicted molar refractivity (Wildman–Crippen MR) is 104 cm³/mol. The van der Waals surface area contributed by atoms with Gasteiger partial charge in [-0.05, 0) is 32.0 Å². The minimum absolute atomic E-state index is 0.983. The first-order chi connectivity index (χ1) is 12.2. The molecule has 0 unspecified atom stereocenters. The molecule has 0 saturated heterocycles. The molecule has 0 N–H and O–H groups in total. The number of hydrogen-bond acceptors (Lipinski definition) is 1. The molecule has 0 aliphatic heterocycles. The third kappa shape index (κ3) is 3.11. The van der Waals surface area contributed by atoms with Crippen LogP contribution in [0.3, 0.4) is 0 Å². The molecule has 0 fully saturated rings. The van der Waals surface area contributed by atoms with Crippen molar-refractivity contribution in [2.45, 2.75) is 13.8 Å². The van der Waals surface area contributed by atoms with Crippen LogP contribution in [0.1, 0.15) is 11.1 Å². The summed E-state index contributed by atoms with van der Waals surface area (Å²) in [5.74, 6) is 0. The van der Waals surface area contributed by atoms with Crippen molar-refractivity contribution in [1.29, 1.82) is 0 Å². The van der Waals surface area contributed by atoms with Gasteiger partial charge in [-0.1, -0.05) is 77.9 Å². The van der Waals surface area contributed by atoms with Gasteiger partial charge in [0.2, 0.25) is 0 Å². The van der Waals surface area contributed by atoms with Crippen LogP contribution in [0, 0.1) is 13.8 Å². The zero-order valence-electron chi connectivity index (χ0n) is 14.5. The SMILES string of the molecule is Cc1ccc(-c2cc(-c3ccccc3)nn2-c2ccc(C)cc2)cc1. The van der Waals surface area contributed by atoms with Gasteiger partial charge in [-0.2, -0.15) is 5.10 Å². The molecule has 2 nitrogen and oxygen atoms in total. The maximum Gasteiger partial charge on any atom is 0.0934 e. The van der Waals surface area contributed by atoms with Crippen molar-refractivity contribution in [3.8, 4) is 28.2 Å². The molecule has 0 radical (unpaired) electrons. The Hall–Kier alpha value is -3.13. The zero-order chi connectivity index (χ0) is 17.2. The average molecular weight is 324 g/mol. The molecular weight excluding hydrogens is 304 g/mol. The average Bonchev–Trinajstić information content (AvgIpc) is 3.09. The Morgan fingerprint density at radius 3 is 1.88 bits per heavy atom. The lowest BCUT2D eigenvalue weighted by Crippen LogP contribution is -1.99. The van der Waals surface area contributed by atoms with Gasteiger partial charge >= 0.3 is 0 Å². The molecule has 0 aliphatic carbocycles. The Bertz CT molecular complexity index is 916. The normalized spacial score (nSPS) is 10.8. The maximum atomic E-state index is 4.90. The molecule has 0 aliphatic rings. The van der Waals surface area contributed by atoms with E-state index in [1.807, 2.05) is 22.9 Å². The minimum atomic E-state index is 0.983.